The molecule has 0 aliphatic carbocycles. The molecular formula is C11H23KO4S. The first-order chi connectivity index (χ1) is 7.41. The molecule has 0 heterocycles. The van der Waals surface area contributed by atoms with Gasteiger partial charge in [-0.05, 0) is 25.7 Å². The zero-order valence-corrected chi connectivity index (χ0v) is 15.1. The third-order valence-corrected chi connectivity index (χ3v) is 4.09. The summed E-state index contributed by atoms with van der Waals surface area (Å²) in [6, 6.07) is 0. The van der Waals surface area contributed by atoms with Gasteiger partial charge < -0.3 is 9.66 Å². The summed E-state index contributed by atoms with van der Waals surface area (Å²) >= 11 is 0. The molecule has 0 rings (SSSR count). The van der Waals surface area contributed by atoms with Gasteiger partial charge in [0, 0.05) is 5.25 Å². The molecule has 0 bridgehead atoms. The third kappa shape index (κ3) is 11.1. The van der Waals surface area contributed by atoms with E-state index in [9.17, 15) is 18.1 Å². The maximum atomic E-state index is 10.9. The minimum atomic E-state index is -4.15. The molecule has 0 aliphatic heterocycles. The SMILES string of the molecule is CCCC(CCCCC(O)CC)S(=O)(=O)[O-].[K+]. The van der Waals surface area contributed by atoms with Gasteiger partial charge in [-0.25, -0.2) is 8.42 Å². The van der Waals surface area contributed by atoms with E-state index in [-0.39, 0.29) is 57.5 Å². The first kappa shape index (κ1) is 20.8. The minimum Gasteiger partial charge on any atom is -0.748 e. The largest absolute Gasteiger partial charge is 1.00 e. The quantitative estimate of drug-likeness (QED) is 0.337. The number of unbranched alkanes of at least 4 members (excludes halogenated alkanes) is 1. The van der Waals surface area contributed by atoms with Crippen molar-refractivity contribution in [2.45, 2.75) is 70.1 Å². The van der Waals surface area contributed by atoms with Gasteiger partial charge in [0.05, 0.1) is 16.2 Å². The fourth-order valence-electron chi connectivity index (χ4n) is 1.71. The van der Waals surface area contributed by atoms with Crippen molar-refractivity contribution in [1.82, 2.24) is 0 Å². The second kappa shape index (κ2) is 11.3. The van der Waals surface area contributed by atoms with Gasteiger partial charge in [0.2, 0.25) is 0 Å². The predicted octanol–water partition coefficient (Wildman–Crippen LogP) is -0.964. The monoisotopic (exact) mass is 290 g/mol. The van der Waals surface area contributed by atoms with Crippen molar-refractivity contribution in [2.24, 2.45) is 0 Å². The molecule has 0 aromatic rings. The van der Waals surface area contributed by atoms with Gasteiger partial charge in [0.1, 0.15) is 0 Å². The fourth-order valence-corrected chi connectivity index (χ4v) is 2.69. The summed E-state index contributed by atoms with van der Waals surface area (Å²) < 4.78 is 32.7. The summed E-state index contributed by atoms with van der Waals surface area (Å²) in [5.74, 6) is 0. The molecule has 1 N–H and O–H groups in total. The summed E-state index contributed by atoms with van der Waals surface area (Å²) in [7, 11) is -4.15. The van der Waals surface area contributed by atoms with Crippen LogP contribution in [0, 0.1) is 0 Å². The van der Waals surface area contributed by atoms with Crippen LogP contribution in [0.4, 0.5) is 0 Å². The molecule has 0 amide bonds. The Hall–Kier alpha value is 1.51. The van der Waals surface area contributed by atoms with Crippen LogP contribution < -0.4 is 51.4 Å². The van der Waals surface area contributed by atoms with Crippen molar-refractivity contribution >= 4 is 10.1 Å². The van der Waals surface area contributed by atoms with E-state index < -0.39 is 15.4 Å². The van der Waals surface area contributed by atoms with Gasteiger partial charge >= 0.3 is 51.4 Å². The van der Waals surface area contributed by atoms with Crippen LogP contribution >= 0.6 is 0 Å². The summed E-state index contributed by atoms with van der Waals surface area (Å²) in [5.41, 5.74) is 0. The Morgan fingerprint density at radius 1 is 1.12 bits per heavy atom. The first-order valence-corrected chi connectivity index (χ1v) is 7.51. The maximum absolute atomic E-state index is 10.9. The minimum absolute atomic E-state index is 0. The Labute approximate surface area is 148 Å². The predicted molar refractivity (Wildman–Crippen MR) is 63.2 cm³/mol. The van der Waals surface area contributed by atoms with Crippen molar-refractivity contribution in [3.63, 3.8) is 0 Å². The Morgan fingerprint density at radius 2 is 1.65 bits per heavy atom. The number of hydrogen-bond donors (Lipinski definition) is 1. The van der Waals surface area contributed by atoms with Crippen molar-refractivity contribution in [3.05, 3.63) is 0 Å². The van der Waals surface area contributed by atoms with Gasteiger partial charge in [0.25, 0.3) is 0 Å². The van der Waals surface area contributed by atoms with Crippen molar-refractivity contribution < 1.29 is 69.5 Å². The third-order valence-electron chi connectivity index (χ3n) is 2.80. The number of hydrogen-bond acceptors (Lipinski definition) is 4. The molecule has 17 heavy (non-hydrogen) atoms. The Bertz CT molecular complexity index is 267. The molecule has 0 saturated heterocycles. The van der Waals surface area contributed by atoms with Crippen LogP contribution in [-0.2, 0) is 10.1 Å². The van der Waals surface area contributed by atoms with Gasteiger partial charge in [-0.15, -0.1) is 0 Å². The summed E-state index contributed by atoms with van der Waals surface area (Å²) in [6.07, 6.45) is 4.18. The molecular weight excluding hydrogens is 267 g/mol. The number of aliphatic hydroxyl groups excluding tert-OH is 1. The van der Waals surface area contributed by atoms with Crippen LogP contribution in [0.1, 0.15) is 58.8 Å². The van der Waals surface area contributed by atoms with E-state index in [0.717, 1.165) is 12.8 Å². The average Bonchev–Trinajstić information content (AvgIpc) is 2.20. The molecule has 0 spiro atoms. The van der Waals surface area contributed by atoms with Gasteiger partial charge in [-0.2, -0.15) is 0 Å². The smallest absolute Gasteiger partial charge is 0.748 e. The summed E-state index contributed by atoms with van der Waals surface area (Å²) in [4.78, 5) is 0. The molecule has 98 valence electrons. The molecule has 2 unspecified atom stereocenters. The molecule has 2 atom stereocenters. The van der Waals surface area contributed by atoms with Crippen LogP contribution in [0.2, 0.25) is 0 Å². The summed E-state index contributed by atoms with van der Waals surface area (Å²) in [5, 5.41) is 8.57. The fraction of sp³-hybridized carbons (Fsp3) is 1.00. The topological polar surface area (TPSA) is 77.4 Å². The zero-order chi connectivity index (χ0) is 12.6. The second-order valence-corrected chi connectivity index (χ2v) is 5.90. The maximum Gasteiger partial charge on any atom is 1.00 e. The van der Waals surface area contributed by atoms with Gasteiger partial charge in [0.15, 0.2) is 0 Å². The van der Waals surface area contributed by atoms with E-state index in [4.69, 9.17) is 0 Å². The molecule has 4 nitrogen and oxygen atoms in total. The number of rotatable bonds is 9. The molecule has 0 radical (unpaired) electrons. The first-order valence-electron chi connectivity index (χ1n) is 6.04. The van der Waals surface area contributed by atoms with Gasteiger partial charge in [-0.3, -0.25) is 0 Å². The molecule has 0 aliphatic rings. The van der Waals surface area contributed by atoms with Crippen LogP contribution in [-0.4, -0.2) is 29.4 Å². The van der Waals surface area contributed by atoms with Gasteiger partial charge in [-0.1, -0.05) is 33.1 Å². The number of aliphatic hydroxyl groups is 1. The van der Waals surface area contributed by atoms with Crippen molar-refractivity contribution in [2.75, 3.05) is 0 Å². The second-order valence-electron chi connectivity index (χ2n) is 4.25. The van der Waals surface area contributed by atoms with E-state index in [0.29, 0.717) is 32.1 Å². The van der Waals surface area contributed by atoms with Crippen molar-refractivity contribution in [1.29, 1.82) is 0 Å². The van der Waals surface area contributed by atoms with Crippen molar-refractivity contribution in [3.8, 4) is 0 Å². The Balaban J connectivity index is 0. The van der Waals surface area contributed by atoms with E-state index in [1.165, 1.54) is 0 Å². The molecule has 0 aromatic heterocycles. The van der Waals surface area contributed by atoms with Crippen LogP contribution in [0.5, 0.6) is 0 Å². The molecule has 6 heteroatoms. The summed E-state index contributed by atoms with van der Waals surface area (Å²) in [6.45, 7) is 3.78. The average molecular weight is 290 g/mol. The Morgan fingerprint density at radius 3 is 2.06 bits per heavy atom. The van der Waals surface area contributed by atoms with Crippen LogP contribution in [0.3, 0.4) is 0 Å². The van der Waals surface area contributed by atoms with E-state index in [1.54, 1.807) is 0 Å². The Kier molecular flexibility index (Phi) is 13.9. The standard InChI is InChI=1S/C11H24O4S.K/c1-3-7-11(16(13,14)15)9-6-5-8-10(12)4-2;/h10-12H,3-9H2,1-2H3,(H,13,14,15);/q;+1/p-1. The van der Waals surface area contributed by atoms with Crippen LogP contribution in [0.15, 0.2) is 0 Å². The van der Waals surface area contributed by atoms with E-state index >= 15 is 0 Å². The molecule has 0 fully saturated rings. The zero-order valence-electron chi connectivity index (χ0n) is 11.2. The molecule has 0 saturated carbocycles. The molecule has 0 aromatic carbocycles. The van der Waals surface area contributed by atoms with E-state index in [1.807, 2.05) is 13.8 Å². The van der Waals surface area contributed by atoms with E-state index in [2.05, 4.69) is 0 Å². The van der Waals surface area contributed by atoms with Crippen LogP contribution in [0.25, 0.3) is 0 Å². The normalized spacial score (nSPS) is 15.1.